The fourth-order valence-corrected chi connectivity index (χ4v) is 2.65. The second-order valence-corrected chi connectivity index (χ2v) is 5.16. The maximum atomic E-state index is 4.53. The average molecular weight is 259 g/mol. The minimum Gasteiger partial charge on any atom is -0.370 e. The Morgan fingerprint density at radius 3 is 2.67 bits per heavy atom. The summed E-state index contributed by atoms with van der Waals surface area (Å²) in [6, 6.07) is 10.1. The minimum atomic E-state index is 0.878. The Kier molecular flexibility index (Phi) is 4.20. The van der Waals surface area contributed by atoms with E-state index < -0.39 is 0 Å². The number of hydrogen-bond acceptors (Lipinski definition) is 4. The lowest BCUT2D eigenvalue weighted by molar-refractivity contribution is 1.03. The van der Waals surface area contributed by atoms with Crippen LogP contribution >= 0.6 is 11.8 Å². The van der Waals surface area contributed by atoms with E-state index in [1.807, 2.05) is 25.1 Å². The van der Waals surface area contributed by atoms with Crippen LogP contribution in [0.5, 0.6) is 0 Å². The first-order chi connectivity index (χ1) is 8.67. The van der Waals surface area contributed by atoms with Gasteiger partial charge in [0.25, 0.3) is 0 Å². The van der Waals surface area contributed by atoms with Crippen LogP contribution in [-0.4, -0.2) is 16.5 Å². The molecule has 0 fully saturated rings. The zero-order valence-electron chi connectivity index (χ0n) is 10.9. The quantitative estimate of drug-likeness (QED) is 0.909. The van der Waals surface area contributed by atoms with Crippen LogP contribution in [0.1, 0.15) is 18.2 Å². The van der Waals surface area contributed by atoms with Crippen molar-refractivity contribution in [1.29, 1.82) is 0 Å². The molecule has 0 aliphatic carbocycles. The summed E-state index contributed by atoms with van der Waals surface area (Å²) < 4.78 is 0. The van der Waals surface area contributed by atoms with Crippen molar-refractivity contribution in [3.8, 4) is 0 Å². The van der Waals surface area contributed by atoms with E-state index in [1.165, 1.54) is 5.56 Å². The highest BCUT2D eigenvalue weighted by atomic mass is 32.2. The van der Waals surface area contributed by atoms with Gasteiger partial charge in [0.1, 0.15) is 15.9 Å². The van der Waals surface area contributed by atoms with Crippen LogP contribution < -0.4 is 5.32 Å². The molecule has 0 saturated carbocycles. The van der Waals surface area contributed by atoms with E-state index in [1.54, 1.807) is 11.8 Å². The zero-order valence-corrected chi connectivity index (χ0v) is 11.7. The Morgan fingerprint density at radius 1 is 1.11 bits per heavy atom. The Morgan fingerprint density at radius 2 is 1.94 bits per heavy atom. The van der Waals surface area contributed by atoms with E-state index in [4.69, 9.17) is 0 Å². The normalized spacial score (nSPS) is 10.4. The largest absolute Gasteiger partial charge is 0.370 e. The first-order valence-corrected chi connectivity index (χ1v) is 6.83. The molecule has 2 rings (SSSR count). The number of hydrogen-bond donors (Lipinski definition) is 1. The third-order valence-corrected chi connectivity index (χ3v) is 3.22. The van der Waals surface area contributed by atoms with Gasteiger partial charge in [0.15, 0.2) is 0 Å². The highest BCUT2D eigenvalue weighted by molar-refractivity contribution is 7.99. The van der Waals surface area contributed by atoms with Crippen molar-refractivity contribution < 1.29 is 0 Å². The van der Waals surface area contributed by atoms with E-state index in [0.29, 0.717) is 0 Å². The molecule has 3 nitrogen and oxygen atoms in total. The third kappa shape index (κ3) is 3.47. The second-order valence-electron chi connectivity index (χ2n) is 4.12. The van der Waals surface area contributed by atoms with Crippen molar-refractivity contribution >= 4 is 17.6 Å². The highest BCUT2D eigenvalue weighted by Crippen LogP contribution is 2.26. The summed E-state index contributed by atoms with van der Waals surface area (Å²) >= 11 is 1.59. The summed E-state index contributed by atoms with van der Waals surface area (Å²) in [5, 5.41) is 5.17. The summed E-state index contributed by atoms with van der Waals surface area (Å²) in [7, 11) is 0. The lowest BCUT2D eigenvalue weighted by Gasteiger charge is -2.06. The van der Waals surface area contributed by atoms with Crippen molar-refractivity contribution in [2.24, 2.45) is 0 Å². The summed E-state index contributed by atoms with van der Waals surface area (Å²) in [4.78, 5) is 9.04. The molecular formula is C14H17N3S. The molecule has 0 aliphatic heterocycles. The predicted molar refractivity (Wildman–Crippen MR) is 76.2 cm³/mol. The Labute approximate surface area is 112 Å². The van der Waals surface area contributed by atoms with Crippen LogP contribution in [0.25, 0.3) is 0 Å². The molecule has 18 heavy (non-hydrogen) atoms. The van der Waals surface area contributed by atoms with Gasteiger partial charge in [-0.3, -0.25) is 0 Å². The number of pyridine rings is 2. The monoisotopic (exact) mass is 259 g/mol. The lowest BCUT2D eigenvalue weighted by Crippen LogP contribution is -1.99. The smallest absolute Gasteiger partial charge is 0.127 e. The summed E-state index contributed by atoms with van der Waals surface area (Å²) in [5.74, 6) is 0.909. The van der Waals surface area contributed by atoms with Gasteiger partial charge >= 0.3 is 0 Å². The first kappa shape index (κ1) is 12.9. The molecule has 0 atom stereocenters. The van der Waals surface area contributed by atoms with Gasteiger partial charge < -0.3 is 5.32 Å². The van der Waals surface area contributed by atoms with Gasteiger partial charge in [-0.15, -0.1) is 0 Å². The van der Waals surface area contributed by atoms with E-state index in [9.17, 15) is 0 Å². The van der Waals surface area contributed by atoms with Crippen LogP contribution in [0.4, 0.5) is 5.82 Å². The summed E-state index contributed by atoms with van der Waals surface area (Å²) in [5.41, 5.74) is 2.27. The van der Waals surface area contributed by atoms with Crippen molar-refractivity contribution in [3.05, 3.63) is 41.6 Å². The highest BCUT2D eigenvalue weighted by Gasteiger charge is 2.03. The Bertz CT molecular complexity index is 520. The molecule has 4 heteroatoms. The molecule has 0 amide bonds. The van der Waals surface area contributed by atoms with Gasteiger partial charge in [-0.2, -0.15) is 0 Å². The second kappa shape index (κ2) is 5.87. The molecule has 2 heterocycles. The van der Waals surface area contributed by atoms with E-state index in [0.717, 1.165) is 28.1 Å². The number of anilines is 1. The first-order valence-electron chi connectivity index (χ1n) is 6.01. The van der Waals surface area contributed by atoms with Crippen LogP contribution in [-0.2, 0) is 0 Å². The molecule has 94 valence electrons. The lowest BCUT2D eigenvalue weighted by atomic mass is 10.3. The fourth-order valence-electron chi connectivity index (χ4n) is 1.71. The summed E-state index contributed by atoms with van der Waals surface area (Å²) in [6.45, 7) is 7.04. The van der Waals surface area contributed by atoms with Gasteiger partial charge in [-0.05, 0) is 50.6 Å². The predicted octanol–water partition coefficient (Wildman–Crippen LogP) is 3.68. The molecule has 0 aromatic carbocycles. The molecular weight excluding hydrogens is 242 g/mol. The van der Waals surface area contributed by atoms with Crippen molar-refractivity contribution in [2.75, 3.05) is 11.9 Å². The van der Waals surface area contributed by atoms with Crippen LogP contribution in [0.15, 0.2) is 40.4 Å². The number of nitrogens with one attached hydrogen (secondary N) is 1. The maximum absolute atomic E-state index is 4.53. The van der Waals surface area contributed by atoms with Crippen molar-refractivity contribution in [3.63, 3.8) is 0 Å². The van der Waals surface area contributed by atoms with Crippen LogP contribution in [0.2, 0.25) is 0 Å². The molecule has 2 aromatic heterocycles. The van der Waals surface area contributed by atoms with Gasteiger partial charge in [-0.1, -0.05) is 17.8 Å². The molecule has 0 unspecified atom stereocenters. The van der Waals surface area contributed by atoms with Crippen LogP contribution in [0.3, 0.4) is 0 Å². The van der Waals surface area contributed by atoms with E-state index in [-0.39, 0.29) is 0 Å². The van der Waals surface area contributed by atoms with Crippen molar-refractivity contribution in [2.45, 2.75) is 30.8 Å². The topological polar surface area (TPSA) is 37.8 Å². The summed E-state index contributed by atoms with van der Waals surface area (Å²) in [6.07, 6.45) is 0. The molecule has 0 saturated heterocycles. The molecule has 2 aromatic rings. The maximum Gasteiger partial charge on any atom is 0.127 e. The molecule has 0 spiro atoms. The SMILES string of the molecule is CCNc1cccc(Sc2cc(C)cc(C)n2)n1. The van der Waals surface area contributed by atoms with Gasteiger partial charge in [0.2, 0.25) is 0 Å². The van der Waals surface area contributed by atoms with E-state index >= 15 is 0 Å². The number of rotatable bonds is 4. The standard InChI is InChI=1S/C14H17N3S/c1-4-15-12-6-5-7-13(17-12)18-14-9-10(2)8-11(3)16-14/h5-9H,4H2,1-3H3,(H,15,17). The minimum absolute atomic E-state index is 0.878. The van der Waals surface area contributed by atoms with Gasteiger partial charge in [0.05, 0.1) is 0 Å². The van der Waals surface area contributed by atoms with Gasteiger partial charge in [-0.25, -0.2) is 9.97 Å². The average Bonchev–Trinajstić information content (AvgIpc) is 2.28. The fraction of sp³-hybridized carbons (Fsp3) is 0.286. The molecule has 0 radical (unpaired) electrons. The Hall–Kier alpha value is -1.55. The van der Waals surface area contributed by atoms with Gasteiger partial charge in [0, 0.05) is 12.2 Å². The number of aromatic nitrogens is 2. The van der Waals surface area contributed by atoms with Crippen LogP contribution in [0, 0.1) is 13.8 Å². The van der Waals surface area contributed by atoms with E-state index in [2.05, 4.69) is 41.3 Å². The third-order valence-electron chi connectivity index (χ3n) is 2.36. The van der Waals surface area contributed by atoms with Crippen molar-refractivity contribution in [1.82, 2.24) is 9.97 Å². The molecule has 0 aliphatic rings. The molecule has 1 N–H and O–H groups in total. The zero-order chi connectivity index (χ0) is 13.0. The Balaban J connectivity index is 2.20. The molecule has 0 bridgehead atoms. The number of nitrogens with zero attached hydrogens (tertiary/aromatic N) is 2. The number of aryl methyl sites for hydroxylation is 2.